The zero-order valence-corrected chi connectivity index (χ0v) is 12.1. The molecule has 2 heteroatoms. The third kappa shape index (κ3) is 2.19. The maximum atomic E-state index is 11.3. The van der Waals surface area contributed by atoms with Crippen molar-refractivity contribution in [2.45, 2.75) is 56.6 Å². The molecule has 3 aliphatic rings. The van der Waals surface area contributed by atoms with Gasteiger partial charge in [-0.3, -0.25) is 0 Å². The molecule has 2 saturated carbocycles. The van der Waals surface area contributed by atoms with Crippen molar-refractivity contribution >= 4 is 0 Å². The van der Waals surface area contributed by atoms with E-state index in [-0.39, 0.29) is 6.04 Å². The molecule has 108 valence electrons. The minimum absolute atomic E-state index is 0.147. The quantitative estimate of drug-likeness (QED) is 0.865. The molecule has 2 aliphatic carbocycles. The van der Waals surface area contributed by atoms with E-state index in [2.05, 4.69) is 29.6 Å². The van der Waals surface area contributed by atoms with Crippen molar-refractivity contribution in [1.82, 2.24) is 5.32 Å². The Hall–Kier alpha value is -0.860. The molecule has 0 spiro atoms. The number of nitrogens with one attached hydrogen (secondary N) is 1. The van der Waals surface area contributed by atoms with Gasteiger partial charge in [-0.15, -0.1) is 0 Å². The van der Waals surface area contributed by atoms with Crippen molar-refractivity contribution in [3.05, 3.63) is 35.4 Å². The zero-order chi connectivity index (χ0) is 13.6. The van der Waals surface area contributed by atoms with Crippen LogP contribution in [0.1, 0.15) is 55.7 Å². The number of aliphatic hydroxyl groups is 1. The first kappa shape index (κ1) is 12.8. The number of rotatable bonds is 2. The second kappa shape index (κ2) is 4.85. The summed E-state index contributed by atoms with van der Waals surface area (Å²) in [7, 11) is 0. The van der Waals surface area contributed by atoms with Crippen molar-refractivity contribution in [3.63, 3.8) is 0 Å². The molecule has 2 fully saturated rings. The maximum Gasteiger partial charge on any atom is 0.0844 e. The highest BCUT2D eigenvalue weighted by Gasteiger charge is 2.46. The Morgan fingerprint density at radius 2 is 1.95 bits per heavy atom. The summed E-state index contributed by atoms with van der Waals surface area (Å²) in [5.74, 6) is 1.69. The Labute approximate surface area is 121 Å². The summed E-state index contributed by atoms with van der Waals surface area (Å²) < 4.78 is 0. The first-order valence-electron chi connectivity index (χ1n) is 8.30. The lowest BCUT2D eigenvalue weighted by Gasteiger charge is -2.45. The second-order valence-electron chi connectivity index (χ2n) is 7.13. The predicted octanol–water partition coefficient (Wildman–Crippen LogP) is 3.20. The first-order valence-corrected chi connectivity index (χ1v) is 8.30. The highest BCUT2D eigenvalue weighted by Crippen LogP contribution is 2.50. The summed E-state index contributed by atoms with van der Waals surface area (Å²) in [6.45, 7) is 0.998. The van der Waals surface area contributed by atoms with Gasteiger partial charge in [-0.2, -0.15) is 0 Å². The van der Waals surface area contributed by atoms with Crippen molar-refractivity contribution < 1.29 is 5.11 Å². The molecule has 3 atom stereocenters. The molecule has 0 saturated heterocycles. The highest BCUT2D eigenvalue weighted by atomic mass is 16.3. The van der Waals surface area contributed by atoms with Gasteiger partial charge in [0.05, 0.1) is 11.6 Å². The van der Waals surface area contributed by atoms with Crippen LogP contribution < -0.4 is 5.32 Å². The Kier molecular flexibility index (Phi) is 3.12. The van der Waals surface area contributed by atoms with Crippen LogP contribution >= 0.6 is 0 Å². The topological polar surface area (TPSA) is 32.3 Å². The van der Waals surface area contributed by atoms with Gasteiger partial charge in [-0.25, -0.2) is 0 Å². The Morgan fingerprint density at radius 1 is 1.10 bits per heavy atom. The predicted molar refractivity (Wildman–Crippen MR) is 80.5 cm³/mol. The van der Waals surface area contributed by atoms with Crippen LogP contribution in [-0.4, -0.2) is 17.3 Å². The molecule has 2 nitrogen and oxygen atoms in total. The Balaban J connectivity index is 1.62. The van der Waals surface area contributed by atoms with Gasteiger partial charge >= 0.3 is 0 Å². The molecule has 1 aromatic carbocycles. The van der Waals surface area contributed by atoms with E-state index in [1.54, 1.807) is 0 Å². The molecule has 0 radical (unpaired) electrons. The molecule has 2 N–H and O–H groups in total. The summed E-state index contributed by atoms with van der Waals surface area (Å²) in [5, 5.41) is 14.9. The Morgan fingerprint density at radius 3 is 2.80 bits per heavy atom. The molecule has 0 aromatic heterocycles. The summed E-state index contributed by atoms with van der Waals surface area (Å²) >= 11 is 0. The maximum absolute atomic E-state index is 11.3. The van der Waals surface area contributed by atoms with E-state index < -0.39 is 5.60 Å². The van der Waals surface area contributed by atoms with E-state index in [4.69, 9.17) is 0 Å². The third-order valence-electron chi connectivity index (χ3n) is 5.74. The standard InChI is InChI=1S/C18H25NO/c20-18(10-3-5-15(12-18)13-7-8-13)17-16-6-2-1-4-14(16)9-11-19-17/h1-2,4,6,13,15,17,19-20H,3,5,7-12H2. The summed E-state index contributed by atoms with van der Waals surface area (Å²) in [4.78, 5) is 0. The van der Waals surface area contributed by atoms with E-state index in [9.17, 15) is 5.11 Å². The fourth-order valence-electron chi connectivity index (χ4n) is 4.54. The Bertz CT molecular complexity index is 496. The van der Waals surface area contributed by atoms with Gasteiger partial charge in [-0.05, 0) is 68.0 Å². The van der Waals surface area contributed by atoms with Gasteiger partial charge in [0.25, 0.3) is 0 Å². The molecule has 1 heterocycles. The summed E-state index contributed by atoms with van der Waals surface area (Å²) in [6.07, 6.45) is 8.38. The second-order valence-corrected chi connectivity index (χ2v) is 7.13. The number of benzene rings is 1. The minimum atomic E-state index is -0.526. The zero-order valence-electron chi connectivity index (χ0n) is 12.1. The van der Waals surface area contributed by atoms with Crippen LogP contribution in [0.3, 0.4) is 0 Å². The van der Waals surface area contributed by atoms with E-state index in [1.807, 2.05) is 0 Å². The van der Waals surface area contributed by atoms with E-state index >= 15 is 0 Å². The largest absolute Gasteiger partial charge is 0.388 e. The molecule has 0 amide bonds. The lowest BCUT2D eigenvalue weighted by molar-refractivity contribution is -0.0534. The van der Waals surface area contributed by atoms with Gasteiger partial charge in [0.1, 0.15) is 0 Å². The number of hydrogen-bond donors (Lipinski definition) is 2. The van der Waals surface area contributed by atoms with E-state index in [0.29, 0.717) is 0 Å². The van der Waals surface area contributed by atoms with Crippen LogP contribution in [0, 0.1) is 11.8 Å². The van der Waals surface area contributed by atoms with Gasteiger partial charge in [0, 0.05) is 0 Å². The molecule has 3 unspecified atom stereocenters. The number of fused-ring (bicyclic) bond motifs is 1. The fourth-order valence-corrected chi connectivity index (χ4v) is 4.54. The lowest BCUT2D eigenvalue weighted by Crippen LogP contribution is -2.49. The van der Waals surface area contributed by atoms with Crippen LogP contribution in [0.4, 0.5) is 0 Å². The number of hydrogen-bond acceptors (Lipinski definition) is 2. The summed E-state index contributed by atoms with van der Waals surface area (Å²) in [6, 6.07) is 8.83. The molecular weight excluding hydrogens is 246 g/mol. The van der Waals surface area contributed by atoms with Crippen molar-refractivity contribution in [2.24, 2.45) is 11.8 Å². The van der Waals surface area contributed by atoms with Crippen molar-refractivity contribution in [1.29, 1.82) is 0 Å². The van der Waals surface area contributed by atoms with Crippen LogP contribution in [0.25, 0.3) is 0 Å². The van der Waals surface area contributed by atoms with Crippen LogP contribution in [0.2, 0.25) is 0 Å². The molecule has 4 rings (SSSR count). The fraction of sp³-hybridized carbons (Fsp3) is 0.667. The SMILES string of the molecule is OC1(C2NCCc3ccccc32)CCCC(C2CC2)C1. The summed E-state index contributed by atoms with van der Waals surface area (Å²) in [5.41, 5.74) is 2.25. The van der Waals surface area contributed by atoms with Gasteiger partial charge < -0.3 is 10.4 Å². The average Bonchev–Trinajstić information content (AvgIpc) is 3.31. The molecular formula is C18H25NO. The molecule has 1 aliphatic heterocycles. The highest BCUT2D eigenvalue weighted by molar-refractivity contribution is 5.34. The third-order valence-corrected chi connectivity index (χ3v) is 5.74. The minimum Gasteiger partial charge on any atom is -0.388 e. The van der Waals surface area contributed by atoms with Gasteiger partial charge in [0.15, 0.2) is 0 Å². The normalized spacial score (nSPS) is 37.5. The van der Waals surface area contributed by atoms with Crippen LogP contribution in [0.15, 0.2) is 24.3 Å². The van der Waals surface area contributed by atoms with E-state index in [0.717, 1.165) is 37.6 Å². The molecule has 20 heavy (non-hydrogen) atoms. The van der Waals surface area contributed by atoms with Crippen molar-refractivity contribution in [2.75, 3.05) is 6.54 Å². The van der Waals surface area contributed by atoms with Gasteiger partial charge in [-0.1, -0.05) is 30.7 Å². The first-order chi connectivity index (χ1) is 9.76. The van der Waals surface area contributed by atoms with Crippen LogP contribution in [0.5, 0.6) is 0 Å². The van der Waals surface area contributed by atoms with Crippen LogP contribution in [-0.2, 0) is 6.42 Å². The average molecular weight is 271 g/mol. The van der Waals surface area contributed by atoms with E-state index in [1.165, 1.54) is 36.8 Å². The molecule has 0 bridgehead atoms. The molecule has 1 aromatic rings. The lowest BCUT2D eigenvalue weighted by atomic mass is 9.69. The monoisotopic (exact) mass is 271 g/mol. The van der Waals surface area contributed by atoms with Gasteiger partial charge in [0.2, 0.25) is 0 Å². The van der Waals surface area contributed by atoms with Crippen molar-refractivity contribution in [3.8, 4) is 0 Å². The smallest absolute Gasteiger partial charge is 0.0844 e.